The molecule has 2 unspecified atom stereocenters. The van der Waals surface area contributed by atoms with E-state index in [0.717, 1.165) is 22.6 Å². The fourth-order valence-electron chi connectivity index (χ4n) is 2.92. The Morgan fingerprint density at radius 1 is 1.25 bits per heavy atom. The number of hydrogen-bond donors (Lipinski definition) is 1. The molecule has 3 rings (SSSR count). The van der Waals surface area contributed by atoms with Crippen molar-refractivity contribution in [3.8, 4) is 0 Å². The van der Waals surface area contributed by atoms with Gasteiger partial charge in [-0.05, 0) is 43.0 Å². The van der Waals surface area contributed by atoms with E-state index in [2.05, 4.69) is 38.2 Å². The molecule has 1 heterocycles. The van der Waals surface area contributed by atoms with Gasteiger partial charge >= 0.3 is 0 Å². The molecule has 20 heavy (non-hydrogen) atoms. The van der Waals surface area contributed by atoms with Gasteiger partial charge in [0.25, 0.3) is 0 Å². The minimum atomic E-state index is 0.353. The molecule has 2 atom stereocenters. The third-order valence-corrected chi connectivity index (χ3v) is 4.57. The van der Waals surface area contributed by atoms with Crippen LogP contribution in [0.1, 0.15) is 42.5 Å². The quantitative estimate of drug-likeness (QED) is 0.931. The molecule has 0 radical (unpaired) electrons. The van der Waals surface area contributed by atoms with Gasteiger partial charge in [0.05, 0.1) is 0 Å². The Morgan fingerprint density at radius 3 is 2.80 bits per heavy atom. The van der Waals surface area contributed by atoms with Crippen LogP contribution in [-0.4, -0.2) is 16.7 Å². The molecule has 5 heteroatoms. The van der Waals surface area contributed by atoms with E-state index in [0.29, 0.717) is 24.8 Å². The lowest BCUT2D eigenvalue weighted by Crippen LogP contribution is -2.17. The second-order valence-corrected chi connectivity index (χ2v) is 6.30. The molecule has 1 aromatic carbocycles. The Bertz CT molecular complexity index is 567. The predicted octanol–water partition coefficient (Wildman–Crippen LogP) is 3.27. The molecule has 1 aliphatic carbocycles. The minimum Gasteiger partial charge on any atom is -0.339 e. The third kappa shape index (κ3) is 2.94. The summed E-state index contributed by atoms with van der Waals surface area (Å²) in [5, 5.41) is 4.11. The summed E-state index contributed by atoms with van der Waals surface area (Å²) in [4.78, 5) is 4.56. The van der Waals surface area contributed by atoms with Crippen LogP contribution in [-0.2, 0) is 6.42 Å². The zero-order valence-corrected chi connectivity index (χ0v) is 12.8. The van der Waals surface area contributed by atoms with E-state index in [1.807, 2.05) is 12.1 Å². The molecule has 106 valence electrons. The Morgan fingerprint density at radius 2 is 2.05 bits per heavy atom. The van der Waals surface area contributed by atoms with Gasteiger partial charge in [0.15, 0.2) is 5.82 Å². The molecule has 0 bridgehead atoms. The Labute approximate surface area is 126 Å². The summed E-state index contributed by atoms with van der Waals surface area (Å²) < 4.78 is 6.53. The first kappa shape index (κ1) is 13.8. The molecular formula is C15H18BrN3O. The van der Waals surface area contributed by atoms with Crippen molar-refractivity contribution in [1.82, 2.24) is 10.1 Å². The molecule has 1 aliphatic rings. The zero-order chi connectivity index (χ0) is 13.9. The van der Waals surface area contributed by atoms with Gasteiger partial charge in [-0.3, -0.25) is 0 Å². The lowest BCUT2D eigenvalue weighted by molar-refractivity contribution is 0.323. The molecule has 2 aromatic rings. The summed E-state index contributed by atoms with van der Waals surface area (Å²) in [5.41, 5.74) is 6.99. The van der Waals surface area contributed by atoms with Gasteiger partial charge in [0.2, 0.25) is 5.89 Å². The molecule has 0 aliphatic heterocycles. The van der Waals surface area contributed by atoms with Crippen LogP contribution in [0.2, 0.25) is 0 Å². The van der Waals surface area contributed by atoms with Crippen LogP contribution in [0.5, 0.6) is 0 Å². The van der Waals surface area contributed by atoms with E-state index >= 15 is 0 Å². The second-order valence-electron chi connectivity index (χ2n) is 5.39. The Balaban J connectivity index is 1.72. The number of hydrogen-bond acceptors (Lipinski definition) is 4. The molecule has 0 saturated heterocycles. The summed E-state index contributed by atoms with van der Waals surface area (Å²) >= 11 is 3.43. The highest BCUT2D eigenvalue weighted by Gasteiger charge is 2.31. The zero-order valence-electron chi connectivity index (χ0n) is 11.3. The maximum atomic E-state index is 5.81. The van der Waals surface area contributed by atoms with Gasteiger partial charge in [0, 0.05) is 16.8 Å². The van der Waals surface area contributed by atoms with Crippen LogP contribution < -0.4 is 5.73 Å². The van der Waals surface area contributed by atoms with Crippen LogP contribution in [0.4, 0.5) is 0 Å². The first-order valence-electron chi connectivity index (χ1n) is 7.03. The van der Waals surface area contributed by atoms with Crippen molar-refractivity contribution in [3.63, 3.8) is 0 Å². The Kier molecular flexibility index (Phi) is 4.17. The van der Waals surface area contributed by atoms with Gasteiger partial charge in [0.1, 0.15) is 0 Å². The molecule has 0 amide bonds. The monoisotopic (exact) mass is 335 g/mol. The molecule has 1 fully saturated rings. The molecule has 1 aromatic heterocycles. The fourth-order valence-corrected chi connectivity index (χ4v) is 3.18. The van der Waals surface area contributed by atoms with Gasteiger partial charge in [-0.2, -0.15) is 4.98 Å². The number of halogens is 1. The summed E-state index contributed by atoms with van der Waals surface area (Å²) in [6.45, 7) is 0.703. The van der Waals surface area contributed by atoms with E-state index in [9.17, 15) is 0 Å². The van der Waals surface area contributed by atoms with E-state index < -0.39 is 0 Å². The summed E-state index contributed by atoms with van der Waals surface area (Å²) in [5.74, 6) is 2.37. The normalized spacial score (nSPS) is 22.3. The lowest BCUT2D eigenvalue weighted by atomic mass is 9.96. The third-order valence-electron chi connectivity index (χ3n) is 4.04. The van der Waals surface area contributed by atoms with Gasteiger partial charge in [-0.25, -0.2) is 0 Å². The van der Waals surface area contributed by atoms with Crippen molar-refractivity contribution in [1.29, 1.82) is 0 Å². The topological polar surface area (TPSA) is 64.9 Å². The van der Waals surface area contributed by atoms with E-state index in [-0.39, 0.29) is 0 Å². The minimum absolute atomic E-state index is 0.353. The molecular weight excluding hydrogens is 318 g/mol. The largest absolute Gasteiger partial charge is 0.339 e. The van der Waals surface area contributed by atoms with E-state index in [4.69, 9.17) is 10.3 Å². The van der Waals surface area contributed by atoms with Crippen molar-refractivity contribution in [3.05, 3.63) is 46.0 Å². The van der Waals surface area contributed by atoms with Gasteiger partial charge in [-0.1, -0.05) is 39.6 Å². The molecule has 0 spiro atoms. The number of nitrogens with zero attached hydrogens (tertiary/aromatic N) is 2. The highest BCUT2D eigenvalue weighted by Crippen LogP contribution is 2.38. The molecule has 4 nitrogen and oxygen atoms in total. The smallest absolute Gasteiger partial charge is 0.230 e. The summed E-state index contributed by atoms with van der Waals surface area (Å²) in [6, 6.07) is 8.19. The first-order chi connectivity index (χ1) is 9.76. The predicted molar refractivity (Wildman–Crippen MR) is 80.4 cm³/mol. The average molecular weight is 336 g/mol. The standard InChI is InChI=1S/C15H18BrN3O/c16-12-6-4-10(5-7-12)8-14-18-15(20-19-14)13-3-1-2-11(13)9-17/h4-7,11,13H,1-3,8-9,17H2. The number of nitrogens with two attached hydrogens (primary N) is 1. The van der Waals surface area contributed by atoms with Crippen molar-refractivity contribution in [2.45, 2.75) is 31.6 Å². The van der Waals surface area contributed by atoms with Crippen LogP contribution in [0.15, 0.2) is 33.3 Å². The van der Waals surface area contributed by atoms with Gasteiger partial charge in [-0.15, -0.1) is 0 Å². The maximum Gasteiger partial charge on any atom is 0.230 e. The lowest BCUT2D eigenvalue weighted by Gasteiger charge is -2.12. The van der Waals surface area contributed by atoms with Crippen molar-refractivity contribution in [2.75, 3.05) is 6.54 Å². The van der Waals surface area contributed by atoms with Crippen LogP contribution >= 0.6 is 15.9 Å². The summed E-state index contributed by atoms with van der Waals surface area (Å²) in [7, 11) is 0. The summed E-state index contributed by atoms with van der Waals surface area (Å²) in [6.07, 6.45) is 4.20. The first-order valence-corrected chi connectivity index (χ1v) is 7.82. The van der Waals surface area contributed by atoms with Crippen LogP contribution in [0.25, 0.3) is 0 Å². The van der Waals surface area contributed by atoms with Crippen LogP contribution in [0, 0.1) is 5.92 Å². The number of aromatic nitrogens is 2. The second kappa shape index (κ2) is 6.06. The highest BCUT2D eigenvalue weighted by molar-refractivity contribution is 9.10. The number of benzene rings is 1. The van der Waals surface area contributed by atoms with E-state index in [1.165, 1.54) is 18.4 Å². The van der Waals surface area contributed by atoms with Crippen molar-refractivity contribution >= 4 is 15.9 Å². The van der Waals surface area contributed by atoms with Crippen molar-refractivity contribution in [2.24, 2.45) is 11.7 Å². The molecule has 2 N–H and O–H groups in total. The van der Waals surface area contributed by atoms with Crippen LogP contribution in [0.3, 0.4) is 0 Å². The SMILES string of the molecule is NCC1CCCC1c1nc(Cc2ccc(Br)cc2)no1. The van der Waals surface area contributed by atoms with Crippen molar-refractivity contribution < 1.29 is 4.52 Å². The van der Waals surface area contributed by atoms with Gasteiger partial charge < -0.3 is 10.3 Å². The Hall–Kier alpha value is -1.20. The maximum absolute atomic E-state index is 5.81. The fraction of sp³-hybridized carbons (Fsp3) is 0.467. The molecule has 1 saturated carbocycles. The number of rotatable bonds is 4. The highest BCUT2D eigenvalue weighted by atomic mass is 79.9. The average Bonchev–Trinajstić information content (AvgIpc) is 3.09. The van der Waals surface area contributed by atoms with E-state index in [1.54, 1.807) is 0 Å².